The molecule has 0 amide bonds. The standard InChI is InChI=1S/C12H19N5O2S/c1-8-7-9-10(14-3-2-5-19-6-4-18)15-12(17-13)16-11(9)20-8/h7,18H,2-6,13H2,1H3,(H2,14,15,16,17). The lowest BCUT2D eigenvalue weighted by Crippen LogP contribution is -2.13. The van der Waals surface area contributed by atoms with Crippen molar-refractivity contribution in [3.63, 3.8) is 0 Å². The molecule has 7 nitrogen and oxygen atoms in total. The molecule has 2 rings (SSSR count). The lowest BCUT2D eigenvalue weighted by Gasteiger charge is -2.08. The molecular formula is C12H19N5O2S. The third-order valence-corrected chi connectivity index (χ3v) is 3.58. The van der Waals surface area contributed by atoms with E-state index in [9.17, 15) is 0 Å². The summed E-state index contributed by atoms with van der Waals surface area (Å²) >= 11 is 1.61. The van der Waals surface area contributed by atoms with Gasteiger partial charge in [-0.25, -0.2) is 10.8 Å². The highest BCUT2D eigenvalue weighted by atomic mass is 32.1. The van der Waals surface area contributed by atoms with E-state index in [2.05, 4.69) is 26.8 Å². The molecule has 0 aliphatic heterocycles. The number of aliphatic hydroxyl groups is 1. The summed E-state index contributed by atoms with van der Waals surface area (Å²) in [5.74, 6) is 6.56. The molecule has 2 heterocycles. The van der Waals surface area contributed by atoms with Crippen LogP contribution in [0.3, 0.4) is 0 Å². The molecule has 0 aliphatic carbocycles. The number of nitrogens with one attached hydrogen (secondary N) is 2. The number of hydrogen-bond donors (Lipinski definition) is 4. The van der Waals surface area contributed by atoms with Crippen LogP contribution in [-0.4, -0.2) is 41.4 Å². The number of aliphatic hydroxyl groups excluding tert-OH is 1. The van der Waals surface area contributed by atoms with Gasteiger partial charge in [-0.2, -0.15) is 4.98 Å². The first-order valence-corrected chi connectivity index (χ1v) is 7.23. The summed E-state index contributed by atoms with van der Waals surface area (Å²) in [6.45, 7) is 3.81. The first-order chi connectivity index (χ1) is 9.74. The number of ether oxygens (including phenoxy) is 1. The van der Waals surface area contributed by atoms with Gasteiger partial charge >= 0.3 is 0 Å². The molecule has 0 saturated heterocycles. The lowest BCUT2D eigenvalue weighted by atomic mass is 10.3. The van der Waals surface area contributed by atoms with E-state index in [-0.39, 0.29) is 6.61 Å². The van der Waals surface area contributed by atoms with E-state index in [4.69, 9.17) is 15.7 Å². The summed E-state index contributed by atoms with van der Waals surface area (Å²) in [7, 11) is 0. The number of thiophene rings is 1. The van der Waals surface area contributed by atoms with Gasteiger partial charge in [-0.1, -0.05) is 0 Å². The molecule has 0 unspecified atom stereocenters. The Morgan fingerprint density at radius 1 is 1.40 bits per heavy atom. The van der Waals surface area contributed by atoms with Crippen molar-refractivity contribution in [1.29, 1.82) is 0 Å². The van der Waals surface area contributed by atoms with Gasteiger partial charge in [0.2, 0.25) is 5.95 Å². The van der Waals surface area contributed by atoms with E-state index in [1.165, 1.54) is 4.88 Å². The second kappa shape index (κ2) is 7.34. The predicted octanol–water partition coefficient (Wildman–Crippen LogP) is 1.10. The van der Waals surface area contributed by atoms with E-state index in [0.717, 1.165) is 29.0 Å². The molecular weight excluding hydrogens is 278 g/mol. The van der Waals surface area contributed by atoms with Crippen molar-refractivity contribution in [3.05, 3.63) is 10.9 Å². The zero-order valence-corrected chi connectivity index (χ0v) is 12.2. The maximum Gasteiger partial charge on any atom is 0.240 e. The largest absolute Gasteiger partial charge is 0.394 e. The Morgan fingerprint density at radius 2 is 2.25 bits per heavy atom. The summed E-state index contributed by atoms with van der Waals surface area (Å²) in [4.78, 5) is 10.7. The van der Waals surface area contributed by atoms with Crippen LogP contribution >= 0.6 is 11.3 Å². The molecule has 0 saturated carbocycles. The van der Waals surface area contributed by atoms with E-state index in [0.29, 0.717) is 19.2 Å². The fraction of sp³-hybridized carbons (Fsp3) is 0.500. The van der Waals surface area contributed by atoms with Gasteiger partial charge in [-0.3, -0.25) is 5.43 Å². The number of nitrogens with two attached hydrogens (primary N) is 1. The maximum atomic E-state index is 8.60. The number of nitrogen functional groups attached to an aromatic ring is 1. The Morgan fingerprint density at radius 3 is 3.00 bits per heavy atom. The number of rotatable bonds is 8. The molecule has 5 N–H and O–H groups in total. The number of anilines is 2. The van der Waals surface area contributed by atoms with Crippen LogP contribution in [0.15, 0.2) is 6.07 Å². The molecule has 20 heavy (non-hydrogen) atoms. The van der Waals surface area contributed by atoms with Crippen molar-refractivity contribution >= 4 is 33.3 Å². The maximum absolute atomic E-state index is 8.60. The number of fused-ring (bicyclic) bond motifs is 1. The SMILES string of the molecule is Cc1cc2c(NCCCOCCO)nc(NN)nc2s1. The highest BCUT2D eigenvalue weighted by molar-refractivity contribution is 7.18. The van der Waals surface area contributed by atoms with Gasteiger partial charge < -0.3 is 15.2 Å². The Labute approximate surface area is 121 Å². The number of aromatic nitrogens is 2. The van der Waals surface area contributed by atoms with Crippen molar-refractivity contribution in [1.82, 2.24) is 9.97 Å². The van der Waals surface area contributed by atoms with Crippen LogP contribution in [-0.2, 0) is 4.74 Å². The Balaban J connectivity index is 2.00. The molecule has 0 atom stereocenters. The van der Waals surface area contributed by atoms with Crippen molar-refractivity contribution in [2.75, 3.05) is 37.1 Å². The van der Waals surface area contributed by atoms with Crippen LogP contribution in [0.5, 0.6) is 0 Å². The first kappa shape index (κ1) is 14.9. The van der Waals surface area contributed by atoms with E-state index >= 15 is 0 Å². The van der Waals surface area contributed by atoms with Gasteiger partial charge in [0.1, 0.15) is 10.6 Å². The first-order valence-electron chi connectivity index (χ1n) is 6.42. The predicted molar refractivity (Wildman–Crippen MR) is 81.0 cm³/mol. The van der Waals surface area contributed by atoms with Gasteiger partial charge in [0.15, 0.2) is 0 Å². The van der Waals surface area contributed by atoms with Crippen LogP contribution in [0, 0.1) is 6.92 Å². The topological polar surface area (TPSA) is 105 Å². The molecule has 0 aromatic carbocycles. The molecule has 0 fully saturated rings. The summed E-state index contributed by atoms with van der Waals surface area (Å²) in [5.41, 5.74) is 2.48. The van der Waals surface area contributed by atoms with Crippen molar-refractivity contribution in [2.24, 2.45) is 5.84 Å². The number of aryl methyl sites for hydroxylation is 1. The van der Waals surface area contributed by atoms with Gasteiger partial charge in [-0.05, 0) is 19.4 Å². The highest BCUT2D eigenvalue weighted by Gasteiger charge is 2.09. The lowest BCUT2D eigenvalue weighted by molar-refractivity contribution is 0.0922. The van der Waals surface area contributed by atoms with Crippen molar-refractivity contribution in [3.8, 4) is 0 Å². The molecule has 2 aromatic heterocycles. The van der Waals surface area contributed by atoms with E-state index < -0.39 is 0 Å². The molecule has 0 radical (unpaired) electrons. The fourth-order valence-corrected chi connectivity index (χ4v) is 2.67. The number of hydrazine groups is 1. The quantitative estimate of drug-likeness (QED) is 0.328. The van der Waals surface area contributed by atoms with Gasteiger partial charge in [0.25, 0.3) is 0 Å². The second-order valence-corrected chi connectivity index (χ2v) is 5.47. The summed E-state index contributed by atoms with van der Waals surface area (Å²) in [6, 6.07) is 2.06. The third kappa shape index (κ3) is 3.76. The summed E-state index contributed by atoms with van der Waals surface area (Å²) in [5, 5.41) is 12.9. The van der Waals surface area contributed by atoms with Crippen molar-refractivity contribution in [2.45, 2.75) is 13.3 Å². The molecule has 0 aliphatic rings. The molecule has 8 heteroatoms. The van der Waals surface area contributed by atoms with Gasteiger partial charge in [-0.15, -0.1) is 11.3 Å². The Hall–Kier alpha value is -1.48. The van der Waals surface area contributed by atoms with E-state index in [1.807, 2.05) is 6.92 Å². The van der Waals surface area contributed by atoms with Crippen LogP contribution in [0.4, 0.5) is 11.8 Å². The average Bonchev–Trinajstić information content (AvgIpc) is 2.82. The summed E-state index contributed by atoms with van der Waals surface area (Å²) in [6.07, 6.45) is 0.833. The minimum Gasteiger partial charge on any atom is -0.394 e. The summed E-state index contributed by atoms with van der Waals surface area (Å²) < 4.78 is 5.20. The van der Waals surface area contributed by atoms with Crippen LogP contribution in [0.2, 0.25) is 0 Å². The average molecular weight is 297 g/mol. The van der Waals surface area contributed by atoms with Crippen LogP contribution in [0.25, 0.3) is 10.2 Å². The fourth-order valence-electron chi connectivity index (χ4n) is 1.79. The smallest absolute Gasteiger partial charge is 0.240 e. The second-order valence-electron chi connectivity index (χ2n) is 4.23. The Kier molecular flexibility index (Phi) is 5.48. The molecule has 0 bridgehead atoms. The van der Waals surface area contributed by atoms with Gasteiger partial charge in [0, 0.05) is 18.0 Å². The van der Waals surface area contributed by atoms with Gasteiger partial charge in [0.05, 0.1) is 18.6 Å². The van der Waals surface area contributed by atoms with Crippen LogP contribution in [0.1, 0.15) is 11.3 Å². The zero-order chi connectivity index (χ0) is 14.4. The number of nitrogens with zero attached hydrogens (tertiary/aromatic N) is 2. The Bertz CT molecular complexity index is 560. The molecule has 2 aromatic rings. The minimum absolute atomic E-state index is 0.0552. The number of hydrogen-bond acceptors (Lipinski definition) is 8. The van der Waals surface area contributed by atoms with E-state index in [1.54, 1.807) is 11.3 Å². The minimum atomic E-state index is 0.0552. The van der Waals surface area contributed by atoms with Crippen LogP contribution < -0.4 is 16.6 Å². The highest BCUT2D eigenvalue weighted by Crippen LogP contribution is 2.29. The monoisotopic (exact) mass is 297 g/mol. The molecule has 110 valence electrons. The third-order valence-electron chi connectivity index (χ3n) is 2.64. The van der Waals surface area contributed by atoms with Crippen molar-refractivity contribution < 1.29 is 9.84 Å². The zero-order valence-electron chi connectivity index (χ0n) is 11.3. The molecule has 0 spiro atoms. The normalized spacial score (nSPS) is 10.9.